The van der Waals surface area contributed by atoms with Crippen molar-refractivity contribution in [2.45, 2.75) is 11.4 Å². The smallest absolute Gasteiger partial charge is 0.240 e. The lowest BCUT2D eigenvalue weighted by Crippen LogP contribution is -2.27. The Labute approximate surface area is 114 Å². The molecular formula is C11H12F2N4O2S. The van der Waals surface area contributed by atoms with E-state index in [1.54, 1.807) is 6.20 Å². The van der Waals surface area contributed by atoms with Crippen LogP contribution in [-0.2, 0) is 16.6 Å². The van der Waals surface area contributed by atoms with Crippen molar-refractivity contribution in [2.24, 2.45) is 0 Å². The molecule has 0 unspecified atom stereocenters. The highest BCUT2D eigenvalue weighted by molar-refractivity contribution is 7.89. The molecule has 0 bridgehead atoms. The Morgan fingerprint density at radius 2 is 2.05 bits per heavy atom. The van der Waals surface area contributed by atoms with Crippen molar-refractivity contribution in [3.05, 3.63) is 42.2 Å². The van der Waals surface area contributed by atoms with Gasteiger partial charge in [0.15, 0.2) is 11.6 Å². The van der Waals surface area contributed by atoms with Crippen molar-refractivity contribution in [1.82, 2.24) is 14.5 Å². The van der Waals surface area contributed by atoms with Crippen LogP contribution in [0.5, 0.6) is 0 Å². The third-order valence-corrected chi connectivity index (χ3v) is 3.95. The Kier molecular flexibility index (Phi) is 4.00. The van der Waals surface area contributed by atoms with E-state index in [0.29, 0.717) is 11.8 Å². The average Bonchev–Trinajstić information content (AvgIpc) is 2.78. The summed E-state index contributed by atoms with van der Waals surface area (Å²) in [7, 11) is -3.89. The van der Waals surface area contributed by atoms with Crippen molar-refractivity contribution < 1.29 is 17.2 Å². The Balaban J connectivity index is 2.02. The highest BCUT2D eigenvalue weighted by atomic mass is 32.2. The number of hydrogen-bond acceptors (Lipinski definition) is 4. The zero-order valence-electron chi connectivity index (χ0n) is 10.3. The van der Waals surface area contributed by atoms with Crippen molar-refractivity contribution >= 4 is 15.7 Å². The Hall–Kier alpha value is -2.00. The van der Waals surface area contributed by atoms with Gasteiger partial charge in [0.05, 0.1) is 23.3 Å². The molecule has 0 amide bonds. The molecule has 2 aromatic rings. The van der Waals surface area contributed by atoms with Crippen molar-refractivity contribution in [2.75, 3.05) is 12.3 Å². The highest BCUT2D eigenvalue weighted by Crippen LogP contribution is 2.13. The number of nitrogens with one attached hydrogen (secondary N) is 1. The molecule has 0 saturated carbocycles. The number of hydrogen-bond donors (Lipinski definition) is 2. The van der Waals surface area contributed by atoms with Crippen molar-refractivity contribution in [1.29, 1.82) is 0 Å². The molecule has 0 saturated heterocycles. The fourth-order valence-electron chi connectivity index (χ4n) is 1.52. The maximum Gasteiger partial charge on any atom is 0.240 e. The Morgan fingerprint density at radius 3 is 2.65 bits per heavy atom. The van der Waals surface area contributed by atoms with Gasteiger partial charge in [0.25, 0.3) is 0 Å². The minimum Gasteiger partial charge on any atom is -0.396 e. The molecule has 9 heteroatoms. The molecule has 0 atom stereocenters. The molecule has 0 radical (unpaired) electrons. The van der Waals surface area contributed by atoms with Gasteiger partial charge in [-0.25, -0.2) is 21.9 Å². The largest absolute Gasteiger partial charge is 0.396 e. The van der Waals surface area contributed by atoms with E-state index in [1.807, 2.05) is 0 Å². The summed E-state index contributed by atoms with van der Waals surface area (Å²) in [6, 6.07) is 2.38. The number of aromatic nitrogens is 2. The molecular weight excluding hydrogens is 290 g/mol. The molecule has 0 aliphatic carbocycles. The molecule has 0 aliphatic rings. The summed E-state index contributed by atoms with van der Waals surface area (Å²) in [6.07, 6.45) is 2.98. The Morgan fingerprint density at radius 1 is 1.30 bits per heavy atom. The van der Waals surface area contributed by atoms with Gasteiger partial charge in [0.1, 0.15) is 0 Å². The van der Waals surface area contributed by atoms with Crippen LogP contribution in [0.15, 0.2) is 35.5 Å². The second-order valence-corrected chi connectivity index (χ2v) is 5.78. The predicted octanol–water partition coefficient (Wildman–Crippen LogP) is 0.722. The van der Waals surface area contributed by atoms with Crippen LogP contribution in [0.3, 0.4) is 0 Å². The van der Waals surface area contributed by atoms with Gasteiger partial charge in [0.2, 0.25) is 10.0 Å². The van der Waals surface area contributed by atoms with E-state index in [-0.39, 0.29) is 18.0 Å². The summed E-state index contributed by atoms with van der Waals surface area (Å²) in [4.78, 5) is -0.337. The van der Waals surface area contributed by atoms with Crippen LogP contribution in [0.25, 0.3) is 0 Å². The molecule has 0 aliphatic heterocycles. The van der Waals surface area contributed by atoms with Crippen molar-refractivity contribution in [3.63, 3.8) is 0 Å². The fourth-order valence-corrected chi connectivity index (χ4v) is 2.56. The topological polar surface area (TPSA) is 90.0 Å². The number of benzene rings is 1. The SMILES string of the molecule is Nc1cnn(CCNS(=O)(=O)c2ccc(F)c(F)c2)c1. The summed E-state index contributed by atoms with van der Waals surface area (Å²) in [5.41, 5.74) is 5.92. The van der Waals surface area contributed by atoms with E-state index in [2.05, 4.69) is 9.82 Å². The zero-order valence-corrected chi connectivity index (χ0v) is 11.1. The van der Waals surface area contributed by atoms with Crippen LogP contribution in [0, 0.1) is 11.6 Å². The molecule has 20 heavy (non-hydrogen) atoms. The maximum absolute atomic E-state index is 13.0. The zero-order chi connectivity index (χ0) is 14.8. The molecule has 2 rings (SSSR count). The minimum atomic E-state index is -3.89. The number of sulfonamides is 1. The van der Waals surface area contributed by atoms with E-state index in [1.165, 1.54) is 10.9 Å². The third-order valence-electron chi connectivity index (χ3n) is 2.49. The van der Waals surface area contributed by atoms with Crippen LogP contribution in [0.4, 0.5) is 14.5 Å². The number of nitrogen functional groups attached to an aromatic ring is 1. The van der Waals surface area contributed by atoms with Gasteiger partial charge >= 0.3 is 0 Å². The van der Waals surface area contributed by atoms with Crippen LogP contribution >= 0.6 is 0 Å². The summed E-state index contributed by atoms with van der Waals surface area (Å²) in [6.45, 7) is 0.308. The van der Waals surface area contributed by atoms with Gasteiger partial charge in [-0.15, -0.1) is 0 Å². The first-order valence-corrected chi connectivity index (χ1v) is 7.09. The van der Waals surface area contributed by atoms with Gasteiger partial charge in [-0.05, 0) is 18.2 Å². The summed E-state index contributed by atoms with van der Waals surface area (Å²) < 4.78 is 53.1. The molecule has 6 nitrogen and oxygen atoms in total. The van der Waals surface area contributed by atoms with Gasteiger partial charge in [-0.1, -0.05) is 0 Å². The third kappa shape index (κ3) is 3.31. The number of halogens is 2. The normalized spacial score (nSPS) is 11.7. The number of nitrogens with zero attached hydrogens (tertiary/aromatic N) is 2. The van der Waals surface area contributed by atoms with Gasteiger partial charge in [-0.2, -0.15) is 5.10 Å². The van der Waals surface area contributed by atoms with E-state index in [4.69, 9.17) is 5.73 Å². The van der Waals surface area contributed by atoms with Crippen molar-refractivity contribution in [3.8, 4) is 0 Å². The molecule has 3 N–H and O–H groups in total. The van der Waals surface area contributed by atoms with E-state index in [0.717, 1.165) is 12.1 Å². The number of anilines is 1. The lowest BCUT2D eigenvalue weighted by atomic mass is 10.3. The second kappa shape index (κ2) is 5.55. The monoisotopic (exact) mass is 302 g/mol. The first-order chi connectivity index (χ1) is 9.38. The van der Waals surface area contributed by atoms with E-state index < -0.39 is 21.7 Å². The van der Waals surface area contributed by atoms with E-state index in [9.17, 15) is 17.2 Å². The first-order valence-electron chi connectivity index (χ1n) is 5.61. The van der Waals surface area contributed by atoms with E-state index >= 15 is 0 Å². The van der Waals surface area contributed by atoms with Gasteiger partial charge < -0.3 is 5.73 Å². The van der Waals surface area contributed by atoms with Crippen LogP contribution in [0.1, 0.15) is 0 Å². The standard InChI is InChI=1S/C11H12F2N4O2S/c12-10-2-1-9(5-11(10)13)20(18,19)16-3-4-17-7-8(14)6-15-17/h1-2,5-7,16H,3-4,14H2. The maximum atomic E-state index is 13.0. The molecule has 0 fully saturated rings. The summed E-state index contributed by atoms with van der Waals surface area (Å²) in [5, 5.41) is 3.88. The minimum absolute atomic E-state index is 0.0441. The molecule has 1 heterocycles. The molecule has 0 spiro atoms. The van der Waals surface area contributed by atoms with Crippen LogP contribution in [-0.4, -0.2) is 24.7 Å². The lowest BCUT2D eigenvalue weighted by Gasteiger charge is -2.07. The van der Waals surface area contributed by atoms with Crippen LogP contribution < -0.4 is 10.5 Å². The molecule has 1 aromatic heterocycles. The summed E-state index contributed by atoms with van der Waals surface area (Å²) in [5.74, 6) is -2.32. The van der Waals surface area contributed by atoms with Gasteiger partial charge in [-0.3, -0.25) is 4.68 Å². The predicted molar refractivity (Wildman–Crippen MR) is 68.2 cm³/mol. The average molecular weight is 302 g/mol. The molecule has 108 valence electrons. The van der Waals surface area contributed by atoms with Gasteiger partial charge in [0, 0.05) is 12.7 Å². The summed E-state index contributed by atoms with van der Waals surface area (Å²) >= 11 is 0. The van der Waals surface area contributed by atoms with Crippen LogP contribution in [0.2, 0.25) is 0 Å². The fraction of sp³-hybridized carbons (Fsp3) is 0.182. The highest BCUT2D eigenvalue weighted by Gasteiger charge is 2.15. The quantitative estimate of drug-likeness (QED) is 0.851. The Bertz CT molecular complexity index is 715. The number of rotatable bonds is 5. The first kappa shape index (κ1) is 14.4. The lowest BCUT2D eigenvalue weighted by molar-refractivity contribution is 0.503. The molecule has 1 aromatic carbocycles. The number of nitrogens with two attached hydrogens (primary N) is 1. The second-order valence-electron chi connectivity index (χ2n) is 4.01.